The van der Waals surface area contributed by atoms with Gasteiger partial charge in [-0.15, -0.1) is 0 Å². The predicted octanol–water partition coefficient (Wildman–Crippen LogP) is 19.3. The number of anilines is 6. The Hall–Kier alpha value is -10.1. The van der Waals surface area contributed by atoms with Crippen molar-refractivity contribution in [3.63, 3.8) is 0 Å². The summed E-state index contributed by atoms with van der Waals surface area (Å²) in [5.41, 5.74) is 17.0. The van der Waals surface area contributed by atoms with Crippen LogP contribution in [0.2, 0.25) is 13.1 Å². The van der Waals surface area contributed by atoms with Crippen molar-refractivity contribution in [3.8, 4) is 33.6 Å². The first-order valence-corrected chi connectivity index (χ1v) is 30.4. The van der Waals surface area contributed by atoms with Crippen LogP contribution in [0, 0.1) is 11.6 Å². The Morgan fingerprint density at radius 3 is 0.914 bits per heavy atom. The van der Waals surface area contributed by atoms with Crippen molar-refractivity contribution in [2.75, 3.05) is 9.80 Å². The Balaban J connectivity index is 0.717. The predicted molar refractivity (Wildman–Crippen MR) is 338 cm³/mol. The maximum atomic E-state index is 14.4. The molecule has 0 radical (unpaired) electrons. The second kappa shape index (κ2) is 20.3. The van der Waals surface area contributed by atoms with Crippen LogP contribution < -0.4 is 20.2 Å². The molecule has 0 unspecified atom stereocenters. The van der Waals surface area contributed by atoms with Crippen LogP contribution in [0.25, 0.3) is 77.2 Å². The summed E-state index contributed by atoms with van der Waals surface area (Å²) in [7, 11) is -2.09. The third-order valence-corrected chi connectivity index (χ3v) is 19.7. The molecule has 0 bridgehead atoms. The zero-order chi connectivity index (χ0) is 54.6. The van der Waals surface area contributed by atoms with Gasteiger partial charge in [-0.2, -0.15) is 0 Å². The number of fused-ring (bicyclic) bond motifs is 6. The van der Waals surface area contributed by atoms with Gasteiger partial charge in [-0.25, -0.2) is 8.78 Å². The molecule has 0 aliphatic rings. The van der Waals surface area contributed by atoms with E-state index in [2.05, 4.69) is 263 Å². The fraction of sp³-hybridized carbons (Fsp3) is 0.0270. The van der Waals surface area contributed by atoms with Gasteiger partial charge in [0.15, 0.2) is 0 Å². The van der Waals surface area contributed by atoms with E-state index in [1.807, 2.05) is 36.4 Å². The van der Waals surface area contributed by atoms with Gasteiger partial charge in [-0.05, 0) is 168 Å². The minimum Gasteiger partial charge on any atom is -0.310 e. The number of nitrogens with zero attached hydrogens (tertiary/aromatic N) is 4. The van der Waals surface area contributed by atoms with Gasteiger partial charge in [-0.3, -0.25) is 0 Å². The standard InChI is InChI=1S/C74H54F2N4Si/c1-81(2,65-43-25-53(26-44-65)51-21-33-59(34-22-51)77(61-37-29-55(75)30-38-61)63-41-47-73-69(49-63)67-17-9-11-19-71(67)79(73)57-13-5-3-6-14-57)66-45-27-54(28-46-66)52-23-35-60(36-24-52)78(62-39-31-56(76)32-40-62)64-42-48-74-70(50-64)68-18-10-12-20-72(68)80(74)58-15-7-4-8-16-58/h3-50H,1-2H3. The van der Waals surface area contributed by atoms with Crippen LogP contribution in [-0.4, -0.2) is 17.2 Å². The van der Waals surface area contributed by atoms with Crippen LogP contribution in [0.5, 0.6) is 0 Å². The van der Waals surface area contributed by atoms with E-state index >= 15 is 0 Å². The van der Waals surface area contributed by atoms with Crippen molar-refractivity contribution in [3.05, 3.63) is 303 Å². The molecule has 14 rings (SSSR count). The fourth-order valence-corrected chi connectivity index (χ4v) is 14.2. The van der Waals surface area contributed by atoms with E-state index < -0.39 is 8.07 Å². The monoisotopic (exact) mass is 1060 g/mol. The molecule has 0 N–H and O–H groups in total. The lowest BCUT2D eigenvalue weighted by Gasteiger charge is -2.26. The Morgan fingerprint density at radius 2 is 0.556 bits per heavy atom. The molecule has 0 atom stereocenters. The molecule has 7 heteroatoms. The van der Waals surface area contributed by atoms with E-state index in [4.69, 9.17) is 0 Å². The number of hydrogen-bond acceptors (Lipinski definition) is 2. The van der Waals surface area contributed by atoms with E-state index in [1.165, 1.54) is 45.4 Å². The van der Waals surface area contributed by atoms with Crippen LogP contribution >= 0.6 is 0 Å². The van der Waals surface area contributed by atoms with Crippen molar-refractivity contribution >= 4 is 96.2 Å². The van der Waals surface area contributed by atoms with E-state index in [9.17, 15) is 8.78 Å². The van der Waals surface area contributed by atoms with Crippen molar-refractivity contribution in [1.29, 1.82) is 0 Å². The molecule has 0 saturated carbocycles. The van der Waals surface area contributed by atoms with Crippen LogP contribution in [0.1, 0.15) is 0 Å². The summed E-state index contributed by atoms with van der Waals surface area (Å²) >= 11 is 0. The molecule has 2 heterocycles. The summed E-state index contributed by atoms with van der Waals surface area (Å²) in [6, 6.07) is 100. The van der Waals surface area contributed by atoms with Gasteiger partial charge in [0.1, 0.15) is 19.7 Å². The van der Waals surface area contributed by atoms with Gasteiger partial charge >= 0.3 is 0 Å². The maximum absolute atomic E-state index is 14.4. The summed E-state index contributed by atoms with van der Waals surface area (Å²) in [5.74, 6) is -0.541. The molecule has 0 aliphatic carbocycles. The highest BCUT2D eigenvalue weighted by Crippen LogP contribution is 2.43. The highest BCUT2D eigenvalue weighted by atomic mass is 28.3. The quantitative estimate of drug-likeness (QED) is 0.113. The van der Waals surface area contributed by atoms with Gasteiger partial charge < -0.3 is 18.9 Å². The Kier molecular flexibility index (Phi) is 12.3. The third kappa shape index (κ3) is 8.94. The van der Waals surface area contributed by atoms with Gasteiger partial charge in [-0.1, -0.05) is 169 Å². The Labute approximate surface area is 470 Å². The highest BCUT2D eigenvalue weighted by molar-refractivity contribution is 7.00. The van der Waals surface area contributed by atoms with Gasteiger partial charge in [0.25, 0.3) is 0 Å². The SMILES string of the molecule is C[Si](C)(c1ccc(-c2ccc(N(c3ccc(F)cc3)c3ccc4c(c3)c3ccccc3n4-c3ccccc3)cc2)cc1)c1ccc(-c2ccc(N(c3ccc(F)cc3)c3ccc4c(c3)c3ccccc3n4-c3ccccc3)cc2)cc1. The molecule has 12 aromatic carbocycles. The molecule has 14 aromatic rings. The molecule has 2 aromatic heterocycles. The lowest BCUT2D eigenvalue weighted by atomic mass is 10.0. The lowest BCUT2D eigenvalue weighted by molar-refractivity contribution is 0.627. The number of benzene rings is 12. The second-order valence-electron chi connectivity index (χ2n) is 21.3. The van der Waals surface area contributed by atoms with Crippen molar-refractivity contribution in [2.24, 2.45) is 0 Å². The van der Waals surface area contributed by atoms with E-state index in [0.29, 0.717) is 0 Å². The molecular weight excluding hydrogens is 1010 g/mol. The number of hydrogen-bond donors (Lipinski definition) is 0. The average molecular weight is 1070 g/mol. The lowest BCUT2D eigenvalue weighted by Crippen LogP contribution is -2.52. The second-order valence-corrected chi connectivity index (χ2v) is 25.7. The van der Waals surface area contributed by atoms with Gasteiger partial charge in [0.2, 0.25) is 0 Å². The zero-order valence-corrected chi connectivity index (χ0v) is 45.8. The molecular formula is C74H54F2N4Si. The first kappa shape index (κ1) is 49.2. The Morgan fingerprint density at radius 1 is 0.272 bits per heavy atom. The fourth-order valence-electron chi connectivity index (χ4n) is 11.9. The minimum absolute atomic E-state index is 0.271. The van der Waals surface area contributed by atoms with Crippen LogP contribution in [0.3, 0.4) is 0 Å². The number of para-hydroxylation sites is 4. The topological polar surface area (TPSA) is 16.3 Å². The normalized spacial score (nSPS) is 11.7. The van der Waals surface area contributed by atoms with Gasteiger partial charge in [0, 0.05) is 67.0 Å². The van der Waals surface area contributed by atoms with E-state index in [-0.39, 0.29) is 11.6 Å². The van der Waals surface area contributed by atoms with E-state index in [1.54, 1.807) is 0 Å². The summed E-state index contributed by atoms with van der Waals surface area (Å²) in [5, 5.41) is 7.35. The molecule has 0 fully saturated rings. The molecule has 81 heavy (non-hydrogen) atoms. The maximum Gasteiger partial charge on any atom is 0.123 e. The number of aromatic nitrogens is 2. The largest absolute Gasteiger partial charge is 0.310 e. The summed E-state index contributed by atoms with van der Waals surface area (Å²) < 4.78 is 33.4. The zero-order valence-electron chi connectivity index (χ0n) is 44.8. The van der Waals surface area contributed by atoms with Crippen LogP contribution in [0.15, 0.2) is 291 Å². The molecule has 388 valence electrons. The molecule has 0 saturated heterocycles. The number of rotatable bonds is 12. The highest BCUT2D eigenvalue weighted by Gasteiger charge is 2.27. The van der Waals surface area contributed by atoms with Crippen LogP contribution in [0.4, 0.5) is 42.9 Å². The van der Waals surface area contributed by atoms with E-state index in [0.717, 1.165) is 101 Å². The first-order valence-electron chi connectivity index (χ1n) is 27.4. The average Bonchev–Trinajstić information content (AvgIpc) is 4.28. The van der Waals surface area contributed by atoms with Crippen LogP contribution in [-0.2, 0) is 0 Å². The van der Waals surface area contributed by atoms with Crippen molar-refractivity contribution < 1.29 is 8.78 Å². The molecule has 0 amide bonds. The third-order valence-electron chi connectivity index (χ3n) is 16.2. The summed E-state index contributed by atoms with van der Waals surface area (Å²) in [6.45, 7) is 4.84. The molecule has 0 spiro atoms. The minimum atomic E-state index is -2.09. The summed E-state index contributed by atoms with van der Waals surface area (Å²) in [6.07, 6.45) is 0. The molecule has 0 aliphatic heterocycles. The first-order chi connectivity index (χ1) is 39.7. The Bertz CT molecular complexity index is 4280. The van der Waals surface area contributed by atoms with Crippen molar-refractivity contribution in [2.45, 2.75) is 13.1 Å². The smallest absolute Gasteiger partial charge is 0.123 e. The van der Waals surface area contributed by atoms with Gasteiger partial charge in [0.05, 0.1) is 22.1 Å². The van der Waals surface area contributed by atoms with Crippen molar-refractivity contribution in [1.82, 2.24) is 9.13 Å². The molecule has 4 nitrogen and oxygen atoms in total. The number of halogens is 2. The summed E-state index contributed by atoms with van der Waals surface area (Å²) in [4.78, 5) is 4.40.